The second kappa shape index (κ2) is 6.38. The fraction of sp³-hybridized carbons (Fsp3) is 0.0526. The van der Waals surface area contributed by atoms with Crippen LogP contribution in [0.25, 0.3) is 22.3 Å². The molecule has 0 aliphatic rings. The molecule has 0 radical (unpaired) electrons. The van der Waals surface area contributed by atoms with E-state index in [-0.39, 0.29) is 5.69 Å². The smallest absolute Gasteiger partial charge is 0.290 e. The Morgan fingerprint density at radius 2 is 1.81 bits per heavy atom. The molecule has 2 aromatic carbocycles. The van der Waals surface area contributed by atoms with Gasteiger partial charge < -0.3 is 0 Å². The van der Waals surface area contributed by atoms with E-state index in [9.17, 15) is 13.6 Å². The number of rotatable bonds is 3. The van der Waals surface area contributed by atoms with Crippen molar-refractivity contribution >= 4 is 22.8 Å². The third-order valence-electron chi connectivity index (χ3n) is 4.05. The van der Waals surface area contributed by atoms with E-state index in [2.05, 4.69) is 9.97 Å². The molecule has 130 valence electrons. The topological polar surface area (TPSA) is 50.7 Å². The second-order valence-corrected chi connectivity index (χ2v) is 6.33. The molecule has 1 N–H and O–H groups in total. The van der Waals surface area contributed by atoms with Crippen LogP contribution in [0.3, 0.4) is 0 Å². The van der Waals surface area contributed by atoms with E-state index in [1.165, 1.54) is 22.9 Å². The van der Waals surface area contributed by atoms with Crippen LogP contribution in [-0.2, 0) is 6.54 Å². The first-order valence-corrected chi connectivity index (χ1v) is 8.17. The molecule has 0 aliphatic heterocycles. The average Bonchev–Trinajstić information content (AvgIpc) is 2.89. The molecule has 0 spiro atoms. The molecular formula is C19H12ClF2N3O. The highest BCUT2D eigenvalue weighted by Crippen LogP contribution is 2.24. The van der Waals surface area contributed by atoms with Crippen molar-refractivity contribution in [1.82, 2.24) is 14.5 Å². The highest BCUT2D eigenvalue weighted by molar-refractivity contribution is 6.30. The lowest BCUT2D eigenvalue weighted by Crippen LogP contribution is -2.17. The van der Waals surface area contributed by atoms with Gasteiger partial charge in [-0.3, -0.25) is 9.55 Å². The minimum Gasteiger partial charge on any atom is -0.290 e. The zero-order chi connectivity index (χ0) is 18.3. The van der Waals surface area contributed by atoms with E-state index < -0.39 is 11.6 Å². The number of aromatic nitrogens is 3. The highest BCUT2D eigenvalue weighted by Gasteiger charge is 2.11. The molecule has 0 aliphatic carbocycles. The molecule has 4 rings (SSSR count). The molecule has 0 fully saturated rings. The number of fused-ring (bicyclic) bond motifs is 1. The van der Waals surface area contributed by atoms with Crippen LogP contribution in [0.1, 0.15) is 5.56 Å². The van der Waals surface area contributed by atoms with Gasteiger partial charge in [-0.15, -0.1) is 0 Å². The Balaban J connectivity index is 1.83. The van der Waals surface area contributed by atoms with Gasteiger partial charge in [0.25, 0.3) is 0 Å². The molecular weight excluding hydrogens is 360 g/mol. The van der Waals surface area contributed by atoms with Gasteiger partial charge in [0.15, 0.2) is 5.65 Å². The number of hydrogen-bond acceptors (Lipinski definition) is 2. The van der Waals surface area contributed by atoms with Crippen molar-refractivity contribution in [2.24, 2.45) is 0 Å². The van der Waals surface area contributed by atoms with Crippen LogP contribution in [0.4, 0.5) is 8.78 Å². The molecule has 4 nitrogen and oxygen atoms in total. The standard InChI is InChI=1S/C19H12ClF2N3O/c20-14-3-1-2-11(4-14)10-25-17-7-13(9-23-18(17)24-19(25)26)12-5-15(21)8-16(22)6-12/h1-9H,10H2,(H,23,24,26). The number of nitrogens with zero attached hydrogens (tertiary/aromatic N) is 2. The Kier molecular flexibility index (Phi) is 4.05. The van der Waals surface area contributed by atoms with Crippen molar-refractivity contribution in [1.29, 1.82) is 0 Å². The first-order chi connectivity index (χ1) is 12.5. The number of imidazole rings is 1. The maximum absolute atomic E-state index is 13.5. The molecule has 0 saturated carbocycles. The van der Waals surface area contributed by atoms with Crippen LogP contribution >= 0.6 is 11.6 Å². The highest BCUT2D eigenvalue weighted by atomic mass is 35.5. The van der Waals surface area contributed by atoms with E-state index >= 15 is 0 Å². The summed E-state index contributed by atoms with van der Waals surface area (Å²) in [6.45, 7) is 0.294. The first kappa shape index (κ1) is 16.5. The van der Waals surface area contributed by atoms with Gasteiger partial charge in [0, 0.05) is 22.8 Å². The number of halogens is 3. The summed E-state index contributed by atoms with van der Waals surface area (Å²) in [5, 5.41) is 0.574. The number of H-pyrrole nitrogens is 1. The molecule has 0 unspecified atom stereocenters. The number of nitrogens with one attached hydrogen (secondary N) is 1. The van der Waals surface area contributed by atoms with Crippen LogP contribution in [0, 0.1) is 11.6 Å². The van der Waals surface area contributed by atoms with E-state index in [1.807, 2.05) is 6.07 Å². The summed E-state index contributed by atoms with van der Waals surface area (Å²) >= 11 is 6.00. The van der Waals surface area contributed by atoms with Crippen LogP contribution in [0.5, 0.6) is 0 Å². The van der Waals surface area contributed by atoms with E-state index in [1.54, 1.807) is 24.3 Å². The number of aromatic amines is 1. The SMILES string of the molecule is O=c1[nH]c2ncc(-c3cc(F)cc(F)c3)cc2n1Cc1cccc(Cl)c1. The molecule has 7 heteroatoms. The Morgan fingerprint density at radius 3 is 2.54 bits per heavy atom. The molecule has 2 heterocycles. The van der Waals surface area contributed by atoms with Gasteiger partial charge in [0.05, 0.1) is 12.1 Å². The molecule has 0 atom stereocenters. The zero-order valence-electron chi connectivity index (χ0n) is 13.3. The molecule has 2 aromatic heterocycles. The third-order valence-corrected chi connectivity index (χ3v) is 4.29. The zero-order valence-corrected chi connectivity index (χ0v) is 14.1. The van der Waals surface area contributed by atoms with Crippen molar-refractivity contribution in [2.45, 2.75) is 6.54 Å². The number of pyridine rings is 1. The number of hydrogen-bond donors (Lipinski definition) is 1. The van der Waals surface area contributed by atoms with Gasteiger partial charge >= 0.3 is 5.69 Å². The predicted octanol–water partition coefficient (Wildman–Crippen LogP) is 4.37. The third kappa shape index (κ3) is 3.11. The molecule has 0 amide bonds. The molecule has 0 saturated heterocycles. The molecule has 26 heavy (non-hydrogen) atoms. The van der Waals surface area contributed by atoms with Crippen LogP contribution in [0.2, 0.25) is 5.02 Å². The van der Waals surface area contributed by atoms with Crippen molar-refractivity contribution < 1.29 is 8.78 Å². The Hall–Kier alpha value is -2.99. The van der Waals surface area contributed by atoms with Gasteiger partial charge in [-0.2, -0.15) is 0 Å². The quantitative estimate of drug-likeness (QED) is 0.581. The van der Waals surface area contributed by atoms with E-state index in [0.717, 1.165) is 11.6 Å². The minimum atomic E-state index is -0.675. The van der Waals surface area contributed by atoms with Gasteiger partial charge in [-0.05, 0) is 41.5 Å². The second-order valence-electron chi connectivity index (χ2n) is 5.90. The summed E-state index contributed by atoms with van der Waals surface area (Å²) in [6.07, 6.45) is 1.47. The largest absolute Gasteiger partial charge is 0.327 e. The Morgan fingerprint density at radius 1 is 1.04 bits per heavy atom. The van der Waals surface area contributed by atoms with Crippen molar-refractivity contribution in [3.05, 3.63) is 87.4 Å². The summed E-state index contributed by atoms with van der Waals surface area (Å²) in [5.74, 6) is -1.35. The number of benzene rings is 2. The van der Waals surface area contributed by atoms with Crippen molar-refractivity contribution in [3.63, 3.8) is 0 Å². The van der Waals surface area contributed by atoms with Crippen LogP contribution in [0.15, 0.2) is 59.5 Å². The van der Waals surface area contributed by atoms with Gasteiger partial charge in [-0.1, -0.05) is 23.7 Å². The van der Waals surface area contributed by atoms with Crippen molar-refractivity contribution in [3.8, 4) is 11.1 Å². The summed E-state index contributed by atoms with van der Waals surface area (Å²) < 4.78 is 28.5. The van der Waals surface area contributed by atoms with Crippen LogP contribution in [-0.4, -0.2) is 14.5 Å². The Bertz CT molecular complexity index is 1160. The molecule has 0 bridgehead atoms. The Labute approximate surface area is 151 Å². The lowest BCUT2D eigenvalue weighted by Gasteiger charge is -2.06. The lowest BCUT2D eigenvalue weighted by atomic mass is 10.1. The fourth-order valence-corrected chi connectivity index (χ4v) is 3.10. The van der Waals surface area contributed by atoms with Gasteiger partial charge in [-0.25, -0.2) is 18.6 Å². The lowest BCUT2D eigenvalue weighted by molar-refractivity contribution is 0.584. The van der Waals surface area contributed by atoms with E-state index in [0.29, 0.717) is 33.9 Å². The summed E-state index contributed by atoms with van der Waals surface area (Å²) in [4.78, 5) is 19.2. The molecule has 4 aromatic rings. The first-order valence-electron chi connectivity index (χ1n) is 7.79. The van der Waals surface area contributed by atoms with Gasteiger partial charge in [0.2, 0.25) is 0 Å². The summed E-state index contributed by atoms with van der Waals surface area (Å²) in [7, 11) is 0. The maximum Gasteiger partial charge on any atom is 0.327 e. The predicted molar refractivity (Wildman–Crippen MR) is 96.3 cm³/mol. The summed E-state index contributed by atoms with van der Waals surface area (Å²) in [5.41, 5.74) is 2.32. The monoisotopic (exact) mass is 371 g/mol. The van der Waals surface area contributed by atoms with E-state index in [4.69, 9.17) is 11.6 Å². The summed E-state index contributed by atoms with van der Waals surface area (Å²) in [6, 6.07) is 12.1. The van der Waals surface area contributed by atoms with Crippen molar-refractivity contribution in [2.75, 3.05) is 0 Å². The van der Waals surface area contributed by atoms with Crippen LogP contribution < -0.4 is 5.69 Å². The normalized spacial score (nSPS) is 11.2. The fourth-order valence-electron chi connectivity index (χ4n) is 2.89. The van der Waals surface area contributed by atoms with Gasteiger partial charge in [0.1, 0.15) is 11.6 Å². The average molecular weight is 372 g/mol. The minimum absolute atomic E-state index is 0.294. The maximum atomic E-state index is 13.5.